The molecular formula is C17H15F2NO. The Labute approximate surface area is 121 Å². The lowest BCUT2D eigenvalue weighted by molar-refractivity contribution is -0.118. The second-order valence-electron chi connectivity index (χ2n) is 5.50. The molecule has 0 atom stereocenters. The van der Waals surface area contributed by atoms with Gasteiger partial charge < -0.3 is 5.32 Å². The summed E-state index contributed by atoms with van der Waals surface area (Å²) in [5, 5.41) is 2.85. The molecule has 1 saturated carbocycles. The maximum Gasteiger partial charge on any atom is 0.235 e. The van der Waals surface area contributed by atoms with Gasteiger partial charge in [-0.15, -0.1) is 0 Å². The van der Waals surface area contributed by atoms with Crippen molar-refractivity contribution in [1.82, 2.24) is 0 Å². The van der Waals surface area contributed by atoms with Gasteiger partial charge in [0.05, 0.1) is 5.41 Å². The molecular weight excluding hydrogens is 272 g/mol. The second kappa shape index (κ2) is 4.95. The van der Waals surface area contributed by atoms with Crippen LogP contribution >= 0.6 is 0 Å². The third kappa shape index (κ3) is 2.53. The normalized spacial score (nSPS) is 15.6. The number of nitrogens with one attached hydrogen (secondary N) is 1. The van der Waals surface area contributed by atoms with Crippen LogP contribution in [0.1, 0.15) is 24.0 Å². The number of carbonyl (C=O) groups excluding carboxylic acids is 1. The van der Waals surface area contributed by atoms with Gasteiger partial charge in [-0.3, -0.25) is 4.79 Å². The van der Waals surface area contributed by atoms with E-state index in [-0.39, 0.29) is 17.5 Å². The van der Waals surface area contributed by atoms with Crippen LogP contribution in [0.5, 0.6) is 0 Å². The number of halogens is 2. The summed E-state index contributed by atoms with van der Waals surface area (Å²) in [6.07, 6.45) is 1.48. The average Bonchev–Trinajstić information content (AvgIpc) is 3.24. The maximum absolute atomic E-state index is 13.1. The van der Waals surface area contributed by atoms with Gasteiger partial charge in [0.2, 0.25) is 5.91 Å². The maximum atomic E-state index is 13.1. The second-order valence-corrected chi connectivity index (χ2v) is 5.50. The summed E-state index contributed by atoms with van der Waals surface area (Å²) < 4.78 is 26.1. The molecule has 0 bridgehead atoms. The Morgan fingerprint density at radius 3 is 2.24 bits per heavy atom. The van der Waals surface area contributed by atoms with Gasteiger partial charge in [0.25, 0.3) is 0 Å². The van der Waals surface area contributed by atoms with E-state index in [9.17, 15) is 13.6 Å². The molecule has 21 heavy (non-hydrogen) atoms. The number of aryl methyl sites for hydroxylation is 1. The molecule has 2 aromatic rings. The summed E-state index contributed by atoms with van der Waals surface area (Å²) in [4.78, 5) is 12.5. The summed E-state index contributed by atoms with van der Waals surface area (Å²) >= 11 is 0. The van der Waals surface area contributed by atoms with Crippen molar-refractivity contribution in [2.75, 3.05) is 5.32 Å². The number of benzene rings is 2. The molecule has 0 aliphatic heterocycles. The fraction of sp³-hybridized carbons (Fsp3) is 0.235. The molecule has 2 nitrogen and oxygen atoms in total. The summed E-state index contributed by atoms with van der Waals surface area (Å²) in [6, 6.07) is 10.3. The van der Waals surface area contributed by atoms with Gasteiger partial charge in [-0.25, -0.2) is 8.78 Å². The Kier molecular flexibility index (Phi) is 3.24. The van der Waals surface area contributed by atoms with E-state index in [1.165, 1.54) is 24.3 Å². The van der Waals surface area contributed by atoms with Crippen molar-refractivity contribution < 1.29 is 13.6 Å². The van der Waals surface area contributed by atoms with Crippen molar-refractivity contribution in [3.8, 4) is 0 Å². The minimum absolute atomic E-state index is 0.121. The van der Waals surface area contributed by atoms with Gasteiger partial charge in [-0.1, -0.05) is 12.1 Å². The standard InChI is InChI=1S/C17H15F2NO/c1-11-10-14(19)6-7-15(11)20-16(21)17(8-9-17)12-2-4-13(18)5-3-12/h2-7,10H,8-9H2,1H3,(H,20,21). The molecule has 1 aliphatic rings. The average molecular weight is 287 g/mol. The Hall–Kier alpha value is -2.23. The molecule has 0 saturated heterocycles. The lowest BCUT2D eigenvalue weighted by Gasteiger charge is -2.17. The number of anilines is 1. The molecule has 1 N–H and O–H groups in total. The highest BCUT2D eigenvalue weighted by atomic mass is 19.1. The third-order valence-corrected chi connectivity index (χ3v) is 4.02. The molecule has 1 fully saturated rings. The topological polar surface area (TPSA) is 29.1 Å². The van der Waals surface area contributed by atoms with E-state index in [0.717, 1.165) is 18.4 Å². The molecule has 0 spiro atoms. The first kappa shape index (κ1) is 13.7. The fourth-order valence-electron chi connectivity index (χ4n) is 2.55. The van der Waals surface area contributed by atoms with Gasteiger partial charge >= 0.3 is 0 Å². The predicted octanol–water partition coefficient (Wildman–Crippen LogP) is 3.94. The van der Waals surface area contributed by atoms with Crippen molar-refractivity contribution in [3.63, 3.8) is 0 Å². The molecule has 2 aromatic carbocycles. The number of rotatable bonds is 3. The number of carbonyl (C=O) groups is 1. The van der Waals surface area contributed by atoms with Crippen LogP contribution in [-0.4, -0.2) is 5.91 Å². The summed E-state index contributed by atoms with van der Waals surface area (Å²) in [5.41, 5.74) is 1.53. The summed E-state index contributed by atoms with van der Waals surface area (Å²) in [6.45, 7) is 1.75. The monoisotopic (exact) mass is 287 g/mol. The first-order valence-electron chi connectivity index (χ1n) is 6.85. The third-order valence-electron chi connectivity index (χ3n) is 4.02. The summed E-state index contributed by atoms with van der Waals surface area (Å²) in [7, 11) is 0. The van der Waals surface area contributed by atoms with Gasteiger partial charge in [0.1, 0.15) is 11.6 Å². The lowest BCUT2D eigenvalue weighted by atomic mass is 9.94. The number of amides is 1. The van der Waals surface area contributed by atoms with Gasteiger partial charge in [0.15, 0.2) is 0 Å². The van der Waals surface area contributed by atoms with Crippen LogP contribution in [0.3, 0.4) is 0 Å². The Morgan fingerprint density at radius 2 is 1.67 bits per heavy atom. The van der Waals surface area contributed by atoms with E-state index in [4.69, 9.17) is 0 Å². The van der Waals surface area contributed by atoms with Crippen molar-refractivity contribution in [2.45, 2.75) is 25.2 Å². The molecule has 3 rings (SSSR count). The molecule has 0 heterocycles. The van der Waals surface area contributed by atoms with Crippen molar-refractivity contribution in [1.29, 1.82) is 0 Å². The molecule has 0 aromatic heterocycles. The highest BCUT2D eigenvalue weighted by Crippen LogP contribution is 2.49. The van der Waals surface area contributed by atoms with Crippen LogP contribution in [0.15, 0.2) is 42.5 Å². The van der Waals surface area contributed by atoms with Gasteiger partial charge in [-0.2, -0.15) is 0 Å². The Balaban J connectivity index is 1.83. The zero-order valence-corrected chi connectivity index (χ0v) is 11.6. The molecule has 108 valence electrons. The predicted molar refractivity (Wildman–Crippen MR) is 77.1 cm³/mol. The largest absolute Gasteiger partial charge is 0.325 e. The highest BCUT2D eigenvalue weighted by Gasteiger charge is 2.51. The SMILES string of the molecule is Cc1cc(F)ccc1NC(=O)C1(c2ccc(F)cc2)CC1. The minimum Gasteiger partial charge on any atom is -0.325 e. The number of hydrogen-bond donors (Lipinski definition) is 1. The van der Waals surface area contributed by atoms with E-state index < -0.39 is 5.41 Å². The van der Waals surface area contributed by atoms with Crippen LogP contribution in [0, 0.1) is 18.6 Å². The van der Waals surface area contributed by atoms with Crippen molar-refractivity contribution in [3.05, 3.63) is 65.2 Å². The van der Waals surface area contributed by atoms with E-state index >= 15 is 0 Å². The summed E-state index contributed by atoms with van der Waals surface area (Å²) in [5.74, 6) is -0.765. The quantitative estimate of drug-likeness (QED) is 0.910. The fourth-order valence-corrected chi connectivity index (χ4v) is 2.55. The van der Waals surface area contributed by atoms with Crippen molar-refractivity contribution in [2.24, 2.45) is 0 Å². The molecule has 0 radical (unpaired) electrons. The Bertz CT molecular complexity index is 690. The van der Waals surface area contributed by atoms with Crippen LogP contribution in [-0.2, 0) is 10.2 Å². The lowest BCUT2D eigenvalue weighted by Crippen LogP contribution is -2.28. The highest BCUT2D eigenvalue weighted by molar-refractivity contribution is 6.01. The zero-order valence-electron chi connectivity index (χ0n) is 11.6. The smallest absolute Gasteiger partial charge is 0.235 e. The van der Waals surface area contributed by atoms with Crippen molar-refractivity contribution >= 4 is 11.6 Å². The first-order chi connectivity index (χ1) is 10.0. The van der Waals surface area contributed by atoms with E-state index in [0.29, 0.717) is 11.3 Å². The van der Waals surface area contributed by atoms with Gasteiger partial charge in [0, 0.05) is 5.69 Å². The van der Waals surface area contributed by atoms with Gasteiger partial charge in [-0.05, 0) is 61.2 Å². The molecule has 1 aliphatic carbocycles. The van der Waals surface area contributed by atoms with Crippen LogP contribution in [0.4, 0.5) is 14.5 Å². The van der Waals surface area contributed by atoms with Crippen LogP contribution < -0.4 is 5.32 Å². The molecule has 0 unspecified atom stereocenters. The zero-order chi connectivity index (χ0) is 15.0. The first-order valence-corrected chi connectivity index (χ1v) is 6.85. The molecule has 4 heteroatoms. The van der Waals surface area contributed by atoms with Crippen LogP contribution in [0.2, 0.25) is 0 Å². The van der Waals surface area contributed by atoms with E-state index in [2.05, 4.69) is 5.32 Å². The van der Waals surface area contributed by atoms with E-state index in [1.54, 1.807) is 25.1 Å². The van der Waals surface area contributed by atoms with E-state index in [1.807, 2.05) is 0 Å². The van der Waals surface area contributed by atoms with Crippen LogP contribution in [0.25, 0.3) is 0 Å². The number of hydrogen-bond acceptors (Lipinski definition) is 1. The Morgan fingerprint density at radius 1 is 1.05 bits per heavy atom. The minimum atomic E-state index is -0.575. The molecule has 1 amide bonds.